The standard InChI is InChI=1S/C12H16N2O4/c1-3-8-13-12(15)11-9(14(16)17)6-5-7-10(11)18-4-2/h5-7H,3-4,8H2,1-2H3,(H,13,15). The third kappa shape index (κ3) is 3.19. The van der Waals surface area contributed by atoms with E-state index < -0.39 is 10.8 Å². The summed E-state index contributed by atoms with van der Waals surface area (Å²) in [7, 11) is 0. The number of hydrogen-bond donors (Lipinski definition) is 1. The highest BCUT2D eigenvalue weighted by Crippen LogP contribution is 2.28. The normalized spacial score (nSPS) is 9.89. The van der Waals surface area contributed by atoms with Crippen molar-refractivity contribution in [3.63, 3.8) is 0 Å². The van der Waals surface area contributed by atoms with Gasteiger partial charge in [-0.15, -0.1) is 0 Å². The molecule has 1 rings (SSSR count). The number of amides is 1. The predicted molar refractivity (Wildman–Crippen MR) is 66.9 cm³/mol. The maximum absolute atomic E-state index is 11.9. The van der Waals surface area contributed by atoms with Gasteiger partial charge in [0.1, 0.15) is 5.75 Å². The van der Waals surface area contributed by atoms with Crippen molar-refractivity contribution in [1.82, 2.24) is 5.32 Å². The summed E-state index contributed by atoms with van der Waals surface area (Å²) >= 11 is 0. The molecule has 0 radical (unpaired) electrons. The zero-order chi connectivity index (χ0) is 13.5. The average molecular weight is 252 g/mol. The van der Waals surface area contributed by atoms with Crippen LogP contribution in [-0.2, 0) is 0 Å². The van der Waals surface area contributed by atoms with Crippen LogP contribution in [0, 0.1) is 10.1 Å². The largest absolute Gasteiger partial charge is 0.493 e. The van der Waals surface area contributed by atoms with Crippen LogP contribution in [-0.4, -0.2) is 24.0 Å². The molecule has 1 aromatic carbocycles. The summed E-state index contributed by atoms with van der Waals surface area (Å²) < 4.78 is 5.26. The minimum atomic E-state index is -0.580. The van der Waals surface area contributed by atoms with Crippen molar-refractivity contribution in [2.45, 2.75) is 20.3 Å². The average Bonchev–Trinajstić information content (AvgIpc) is 2.36. The molecule has 0 atom stereocenters. The first kappa shape index (κ1) is 14.0. The molecule has 0 heterocycles. The van der Waals surface area contributed by atoms with Gasteiger partial charge in [-0.2, -0.15) is 0 Å². The molecule has 6 nitrogen and oxygen atoms in total. The number of carbonyl (C=O) groups excluding carboxylic acids is 1. The van der Waals surface area contributed by atoms with Gasteiger partial charge in [0.2, 0.25) is 0 Å². The highest BCUT2D eigenvalue weighted by molar-refractivity contribution is 6.00. The van der Waals surface area contributed by atoms with Gasteiger partial charge in [-0.05, 0) is 19.4 Å². The van der Waals surface area contributed by atoms with E-state index in [1.807, 2.05) is 6.92 Å². The minimum absolute atomic E-state index is 0.0159. The number of ether oxygens (including phenoxy) is 1. The predicted octanol–water partition coefficient (Wildman–Crippen LogP) is 2.13. The maximum atomic E-state index is 11.9. The highest BCUT2D eigenvalue weighted by Gasteiger charge is 2.24. The molecule has 18 heavy (non-hydrogen) atoms. The molecule has 1 aromatic rings. The van der Waals surface area contributed by atoms with E-state index in [1.54, 1.807) is 13.0 Å². The monoisotopic (exact) mass is 252 g/mol. The fraction of sp³-hybridized carbons (Fsp3) is 0.417. The molecule has 0 saturated carbocycles. The van der Waals surface area contributed by atoms with Gasteiger partial charge in [-0.1, -0.05) is 13.0 Å². The van der Waals surface area contributed by atoms with Gasteiger partial charge < -0.3 is 10.1 Å². The summed E-state index contributed by atoms with van der Waals surface area (Å²) in [4.78, 5) is 22.3. The van der Waals surface area contributed by atoms with Crippen molar-refractivity contribution in [3.05, 3.63) is 33.9 Å². The van der Waals surface area contributed by atoms with E-state index in [2.05, 4.69) is 5.32 Å². The van der Waals surface area contributed by atoms with Crippen LogP contribution in [0.1, 0.15) is 30.6 Å². The van der Waals surface area contributed by atoms with E-state index in [1.165, 1.54) is 12.1 Å². The van der Waals surface area contributed by atoms with Crippen molar-refractivity contribution in [2.24, 2.45) is 0 Å². The first-order chi connectivity index (χ1) is 8.61. The molecule has 1 N–H and O–H groups in total. The van der Waals surface area contributed by atoms with Crippen LogP contribution in [0.4, 0.5) is 5.69 Å². The molecule has 0 spiro atoms. The number of hydrogen-bond acceptors (Lipinski definition) is 4. The number of nitro benzene ring substituents is 1. The first-order valence-corrected chi connectivity index (χ1v) is 5.80. The van der Waals surface area contributed by atoms with Crippen molar-refractivity contribution in [1.29, 1.82) is 0 Å². The van der Waals surface area contributed by atoms with Crippen LogP contribution in [0.25, 0.3) is 0 Å². The Labute approximate surface area is 105 Å². The number of benzene rings is 1. The molecule has 0 aromatic heterocycles. The Morgan fingerprint density at radius 1 is 1.44 bits per heavy atom. The topological polar surface area (TPSA) is 81.5 Å². The van der Waals surface area contributed by atoms with Crippen LogP contribution < -0.4 is 10.1 Å². The highest BCUT2D eigenvalue weighted by atomic mass is 16.6. The van der Waals surface area contributed by atoms with Crippen molar-refractivity contribution in [2.75, 3.05) is 13.2 Å². The van der Waals surface area contributed by atoms with Crippen LogP contribution in [0.2, 0.25) is 0 Å². The van der Waals surface area contributed by atoms with E-state index in [4.69, 9.17) is 4.74 Å². The summed E-state index contributed by atoms with van der Waals surface area (Å²) in [6, 6.07) is 4.35. The van der Waals surface area contributed by atoms with Gasteiger partial charge in [0.15, 0.2) is 5.56 Å². The molecule has 0 aliphatic rings. The van der Waals surface area contributed by atoms with Gasteiger partial charge in [-0.25, -0.2) is 0 Å². The zero-order valence-corrected chi connectivity index (χ0v) is 10.4. The summed E-state index contributed by atoms with van der Waals surface area (Å²) in [6.45, 7) is 4.47. The van der Waals surface area contributed by atoms with E-state index in [0.717, 1.165) is 6.42 Å². The Hall–Kier alpha value is -2.11. The quantitative estimate of drug-likeness (QED) is 0.621. The van der Waals surface area contributed by atoms with Crippen LogP contribution in [0.5, 0.6) is 5.75 Å². The lowest BCUT2D eigenvalue weighted by Crippen LogP contribution is -2.25. The second kappa shape index (κ2) is 6.58. The van der Waals surface area contributed by atoms with Gasteiger partial charge in [0, 0.05) is 12.6 Å². The lowest BCUT2D eigenvalue weighted by Gasteiger charge is -2.10. The third-order valence-electron chi connectivity index (χ3n) is 2.26. The molecule has 0 fully saturated rings. The van der Waals surface area contributed by atoms with Crippen LogP contribution in [0.3, 0.4) is 0 Å². The number of nitrogens with one attached hydrogen (secondary N) is 1. The van der Waals surface area contributed by atoms with E-state index in [0.29, 0.717) is 13.2 Å². The van der Waals surface area contributed by atoms with Crippen LogP contribution >= 0.6 is 0 Å². The number of carbonyl (C=O) groups is 1. The van der Waals surface area contributed by atoms with E-state index in [-0.39, 0.29) is 17.0 Å². The van der Waals surface area contributed by atoms with Crippen molar-refractivity contribution < 1.29 is 14.5 Å². The molecule has 0 aliphatic heterocycles. The van der Waals surface area contributed by atoms with E-state index in [9.17, 15) is 14.9 Å². The molecule has 0 unspecified atom stereocenters. The molecular weight excluding hydrogens is 236 g/mol. The number of nitrogens with zero attached hydrogens (tertiary/aromatic N) is 1. The van der Waals surface area contributed by atoms with Crippen molar-refractivity contribution in [3.8, 4) is 5.75 Å². The summed E-state index contributed by atoms with van der Waals surface area (Å²) in [5.41, 5.74) is -0.257. The van der Waals surface area contributed by atoms with Crippen LogP contribution in [0.15, 0.2) is 18.2 Å². The molecule has 98 valence electrons. The first-order valence-electron chi connectivity index (χ1n) is 5.80. The molecule has 6 heteroatoms. The molecule has 1 amide bonds. The Bertz CT molecular complexity index is 446. The third-order valence-corrected chi connectivity index (χ3v) is 2.26. The molecule has 0 aliphatic carbocycles. The number of nitro groups is 1. The second-order valence-electron chi connectivity index (χ2n) is 3.60. The van der Waals surface area contributed by atoms with Gasteiger partial charge in [-0.3, -0.25) is 14.9 Å². The SMILES string of the molecule is CCCNC(=O)c1c(OCC)cccc1[N+](=O)[O-]. The fourth-order valence-corrected chi connectivity index (χ4v) is 1.50. The van der Waals surface area contributed by atoms with Gasteiger partial charge in [0.05, 0.1) is 11.5 Å². The summed E-state index contributed by atoms with van der Waals surface area (Å²) in [5, 5.41) is 13.5. The summed E-state index contributed by atoms with van der Waals surface area (Å²) in [6.07, 6.45) is 0.760. The zero-order valence-electron chi connectivity index (χ0n) is 10.4. The number of rotatable bonds is 6. The lowest BCUT2D eigenvalue weighted by atomic mass is 10.1. The smallest absolute Gasteiger partial charge is 0.285 e. The summed E-state index contributed by atoms with van der Waals surface area (Å²) in [5.74, 6) is -0.243. The molecular formula is C12H16N2O4. The fourth-order valence-electron chi connectivity index (χ4n) is 1.50. The lowest BCUT2D eigenvalue weighted by molar-refractivity contribution is -0.385. The Morgan fingerprint density at radius 3 is 2.72 bits per heavy atom. The Kier molecular flexibility index (Phi) is 5.10. The van der Waals surface area contributed by atoms with Gasteiger partial charge in [0.25, 0.3) is 11.6 Å². The molecule has 0 saturated heterocycles. The maximum Gasteiger partial charge on any atom is 0.285 e. The minimum Gasteiger partial charge on any atom is -0.493 e. The van der Waals surface area contributed by atoms with Crippen molar-refractivity contribution >= 4 is 11.6 Å². The Balaban J connectivity index is 3.17. The second-order valence-corrected chi connectivity index (χ2v) is 3.60. The molecule has 0 bridgehead atoms. The Morgan fingerprint density at radius 2 is 2.17 bits per heavy atom. The van der Waals surface area contributed by atoms with Gasteiger partial charge >= 0.3 is 0 Å². The van der Waals surface area contributed by atoms with E-state index >= 15 is 0 Å².